The Morgan fingerprint density at radius 2 is 2.00 bits per heavy atom. The molecule has 7 nitrogen and oxygen atoms in total. The Kier molecular flexibility index (Phi) is 6.42. The van der Waals surface area contributed by atoms with Gasteiger partial charge in [0.05, 0.1) is 24.6 Å². The van der Waals surface area contributed by atoms with Crippen molar-refractivity contribution < 1.29 is 22.2 Å². The van der Waals surface area contributed by atoms with E-state index in [9.17, 15) is 13.2 Å². The van der Waals surface area contributed by atoms with E-state index in [1.54, 1.807) is 31.2 Å². The molecule has 2 atom stereocenters. The molecule has 2 unspecified atom stereocenters. The molecule has 10 heteroatoms. The summed E-state index contributed by atoms with van der Waals surface area (Å²) in [6.07, 6.45) is 1.05. The first-order valence-corrected chi connectivity index (χ1v) is 9.94. The highest BCUT2D eigenvalue weighted by Crippen LogP contribution is 2.30. The second-order valence-corrected chi connectivity index (χ2v) is 7.66. The number of benzene rings is 1. The molecule has 0 amide bonds. The van der Waals surface area contributed by atoms with Gasteiger partial charge in [-0.2, -0.15) is 8.42 Å². The van der Waals surface area contributed by atoms with Crippen LogP contribution in [0.15, 0.2) is 34.4 Å². The zero-order valence-electron chi connectivity index (χ0n) is 13.5. The van der Waals surface area contributed by atoms with Crippen LogP contribution in [0.3, 0.4) is 0 Å². The van der Waals surface area contributed by atoms with Gasteiger partial charge in [0.25, 0.3) is 0 Å². The number of hydrogen-bond donors (Lipinski definition) is 0. The van der Waals surface area contributed by atoms with Gasteiger partial charge in [-0.05, 0) is 24.6 Å². The summed E-state index contributed by atoms with van der Waals surface area (Å²) in [7, 11) is -3.80. The number of aliphatic imine (C=N–C) groups is 1. The molecular weight excluding hydrogens is 391 g/mol. The van der Waals surface area contributed by atoms with Gasteiger partial charge in [0.1, 0.15) is 11.1 Å². The van der Waals surface area contributed by atoms with Gasteiger partial charge in [-0.3, -0.25) is 9.28 Å². The van der Waals surface area contributed by atoms with Crippen LogP contribution in [0, 0.1) is 0 Å². The van der Waals surface area contributed by atoms with Crippen molar-refractivity contribution in [2.45, 2.75) is 24.8 Å². The fourth-order valence-corrected chi connectivity index (χ4v) is 2.81. The minimum atomic E-state index is -3.80. The number of oxime groups is 1. The average molecular weight is 407 g/mol. The monoisotopic (exact) mass is 406 g/mol. The Morgan fingerprint density at radius 3 is 2.56 bits per heavy atom. The Hall–Kier alpha value is -1.64. The summed E-state index contributed by atoms with van der Waals surface area (Å²) in [6.45, 7) is 1.81. The first kappa shape index (κ1) is 19.7. The van der Waals surface area contributed by atoms with Crippen LogP contribution in [0.4, 0.5) is 0 Å². The molecule has 0 saturated heterocycles. The molecule has 0 bridgehead atoms. The molecule has 2 rings (SSSR count). The molecule has 0 spiro atoms. The third-order valence-electron chi connectivity index (χ3n) is 3.26. The number of ether oxygens (including phenoxy) is 1. The topological polar surface area (TPSA) is 94.4 Å². The molecule has 25 heavy (non-hydrogen) atoms. The lowest BCUT2D eigenvalue weighted by Gasteiger charge is -2.24. The normalized spacial score (nSPS) is 22.4. The van der Waals surface area contributed by atoms with Crippen molar-refractivity contribution in [3.8, 4) is 0 Å². The van der Waals surface area contributed by atoms with Gasteiger partial charge in [0.2, 0.25) is 0 Å². The van der Waals surface area contributed by atoms with Gasteiger partial charge in [0.15, 0.2) is 0 Å². The van der Waals surface area contributed by atoms with E-state index in [2.05, 4.69) is 14.4 Å². The lowest BCUT2D eigenvalue weighted by molar-refractivity contribution is -0.135. The molecule has 136 valence electrons. The molecule has 1 aliphatic rings. The standard InChI is InChI=1S/C15H16Cl2N2O5S/c1-3-23-15(20)14-13(17)12(19-24-25(2,21)22)8-11(18-14)9-4-6-10(16)7-5-9/h4-7,11,13H,3,8H2,1-2H3. The second kappa shape index (κ2) is 8.16. The number of rotatable bonds is 5. The van der Waals surface area contributed by atoms with Gasteiger partial charge in [-0.25, -0.2) is 4.79 Å². The maximum absolute atomic E-state index is 12.1. The summed E-state index contributed by atoms with van der Waals surface area (Å²) in [5.41, 5.74) is 0.887. The van der Waals surface area contributed by atoms with Crippen LogP contribution < -0.4 is 0 Å². The summed E-state index contributed by atoms with van der Waals surface area (Å²) >= 11 is 12.1. The molecule has 0 aromatic heterocycles. The number of esters is 1. The molecule has 0 saturated carbocycles. The van der Waals surface area contributed by atoms with Crippen molar-refractivity contribution in [3.05, 3.63) is 34.9 Å². The van der Waals surface area contributed by atoms with Crippen LogP contribution in [0.5, 0.6) is 0 Å². The lowest BCUT2D eigenvalue weighted by Crippen LogP contribution is -2.37. The fraction of sp³-hybridized carbons (Fsp3) is 0.400. The smallest absolute Gasteiger partial charge is 0.354 e. The van der Waals surface area contributed by atoms with E-state index in [4.69, 9.17) is 27.9 Å². The van der Waals surface area contributed by atoms with Gasteiger partial charge >= 0.3 is 16.1 Å². The molecule has 0 fully saturated rings. The van der Waals surface area contributed by atoms with Crippen molar-refractivity contribution >= 4 is 50.7 Å². The molecule has 0 N–H and O–H groups in total. The SMILES string of the molecule is CCOC(=O)C1=NC(c2ccc(Cl)cc2)CC(=NOS(C)(=O)=O)C1Cl. The molecule has 0 aliphatic carbocycles. The lowest BCUT2D eigenvalue weighted by atomic mass is 9.95. The Bertz CT molecular complexity index is 806. The number of carbonyl (C=O) groups excluding carboxylic acids is 1. The van der Waals surface area contributed by atoms with E-state index in [0.29, 0.717) is 5.02 Å². The molecule has 1 aromatic carbocycles. The minimum absolute atomic E-state index is 0.0504. The van der Waals surface area contributed by atoms with Crippen LogP contribution in [0.25, 0.3) is 0 Å². The maximum atomic E-state index is 12.1. The van der Waals surface area contributed by atoms with Crippen LogP contribution >= 0.6 is 23.2 Å². The highest BCUT2D eigenvalue weighted by molar-refractivity contribution is 7.85. The van der Waals surface area contributed by atoms with Gasteiger partial charge in [-0.15, -0.1) is 11.6 Å². The molecule has 0 radical (unpaired) electrons. The van der Waals surface area contributed by atoms with E-state index in [-0.39, 0.29) is 24.5 Å². The number of carbonyl (C=O) groups is 1. The van der Waals surface area contributed by atoms with E-state index >= 15 is 0 Å². The summed E-state index contributed by atoms with van der Waals surface area (Å²) in [4.78, 5) is 16.5. The molecular formula is C15H16Cl2N2O5S. The molecule has 1 aromatic rings. The van der Waals surface area contributed by atoms with Crippen LogP contribution in [-0.4, -0.2) is 44.1 Å². The van der Waals surface area contributed by atoms with Crippen LogP contribution in [-0.2, 0) is 23.9 Å². The van der Waals surface area contributed by atoms with Crippen molar-refractivity contribution in [2.75, 3.05) is 12.9 Å². The number of alkyl halides is 1. The van der Waals surface area contributed by atoms with Crippen molar-refractivity contribution in [1.29, 1.82) is 0 Å². The van der Waals surface area contributed by atoms with E-state index in [0.717, 1.165) is 11.8 Å². The largest absolute Gasteiger partial charge is 0.461 e. The second-order valence-electron chi connectivity index (χ2n) is 5.23. The number of halogens is 2. The first-order chi connectivity index (χ1) is 11.7. The predicted molar refractivity (Wildman–Crippen MR) is 95.9 cm³/mol. The van der Waals surface area contributed by atoms with Crippen molar-refractivity contribution in [1.82, 2.24) is 0 Å². The van der Waals surface area contributed by atoms with E-state index < -0.39 is 27.5 Å². The highest BCUT2D eigenvalue weighted by atomic mass is 35.5. The third kappa shape index (κ3) is 5.42. The first-order valence-electron chi connectivity index (χ1n) is 7.31. The number of nitrogens with zero attached hydrogens (tertiary/aromatic N) is 2. The predicted octanol–water partition coefficient (Wildman–Crippen LogP) is 2.73. The van der Waals surface area contributed by atoms with Crippen LogP contribution in [0.2, 0.25) is 5.02 Å². The van der Waals surface area contributed by atoms with E-state index in [1.165, 1.54) is 0 Å². The van der Waals surface area contributed by atoms with Crippen molar-refractivity contribution in [2.24, 2.45) is 10.1 Å². The van der Waals surface area contributed by atoms with E-state index in [1.807, 2.05) is 0 Å². The van der Waals surface area contributed by atoms with Crippen molar-refractivity contribution in [3.63, 3.8) is 0 Å². The van der Waals surface area contributed by atoms with Gasteiger partial charge < -0.3 is 4.74 Å². The number of hydrogen-bond acceptors (Lipinski definition) is 7. The quantitative estimate of drug-likeness (QED) is 0.425. The summed E-state index contributed by atoms with van der Waals surface area (Å²) in [5.74, 6) is -0.687. The fourth-order valence-electron chi connectivity index (χ4n) is 2.18. The Balaban J connectivity index is 2.41. The van der Waals surface area contributed by atoms with Crippen LogP contribution in [0.1, 0.15) is 24.9 Å². The summed E-state index contributed by atoms with van der Waals surface area (Å²) in [5, 5.41) is 3.12. The Morgan fingerprint density at radius 1 is 1.36 bits per heavy atom. The summed E-state index contributed by atoms with van der Waals surface area (Å²) in [6, 6.07) is 6.39. The van der Waals surface area contributed by atoms with Gasteiger partial charge in [0, 0.05) is 11.4 Å². The minimum Gasteiger partial charge on any atom is -0.461 e. The zero-order valence-corrected chi connectivity index (χ0v) is 15.8. The average Bonchev–Trinajstić information content (AvgIpc) is 2.54. The van der Waals surface area contributed by atoms with Gasteiger partial charge in [-0.1, -0.05) is 28.9 Å². The Labute approximate surface area is 155 Å². The third-order valence-corrected chi connectivity index (χ3v) is 4.32. The highest BCUT2D eigenvalue weighted by Gasteiger charge is 2.35. The molecule has 1 aliphatic heterocycles. The maximum Gasteiger partial charge on any atom is 0.354 e. The summed E-state index contributed by atoms with van der Waals surface area (Å²) < 4.78 is 31.8. The molecule has 1 heterocycles. The zero-order chi connectivity index (χ0) is 18.6.